The first-order valence-corrected chi connectivity index (χ1v) is 6.81. The van der Waals surface area contributed by atoms with Crippen LogP contribution in [0.25, 0.3) is 0 Å². The smallest absolute Gasteiger partial charge is 0.255 e. The molecule has 1 aromatic heterocycles. The molecule has 0 aromatic carbocycles. The van der Waals surface area contributed by atoms with Crippen molar-refractivity contribution in [3.63, 3.8) is 0 Å². The summed E-state index contributed by atoms with van der Waals surface area (Å²) in [4.78, 5) is 16.4. The molecule has 112 valence electrons. The monoisotopic (exact) mass is 280 g/mol. The van der Waals surface area contributed by atoms with Crippen LogP contribution in [0.4, 0.5) is 5.69 Å². The SMILES string of the molecule is CCOCC(NC(=O)c1cnc(C)cc1NN)C(C)C. The fraction of sp³-hybridized carbons (Fsp3) is 0.571. The van der Waals surface area contributed by atoms with Crippen LogP contribution in [0.5, 0.6) is 0 Å². The number of nitrogens with one attached hydrogen (secondary N) is 2. The Labute approximate surface area is 120 Å². The Kier molecular flexibility index (Phi) is 6.41. The molecule has 1 unspecified atom stereocenters. The van der Waals surface area contributed by atoms with E-state index in [1.807, 2.05) is 27.7 Å². The predicted octanol–water partition coefficient (Wildman–Crippen LogP) is 1.47. The average Bonchev–Trinajstić information content (AvgIpc) is 2.42. The highest BCUT2D eigenvalue weighted by atomic mass is 16.5. The van der Waals surface area contributed by atoms with Crippen molar-refractivity contribution in [2.24, 2.45) is 11.8 Å². The third kappa shape index (κ3) is 4.47. The quantitative estimate of drug-likeness (QED) is 0.520. The lowest BCUT2D eigenvalue weighted by atomic mass is 10.0. The number of amides is 1. The van der Waals surface area contributed by atoms with Gasteiger partial charge in [0.05, 0.1) is 23.9 Å². The molecular weight excluding hydrogens is 256 g/mol. The van der Waals surface area contributed by atoms with E-state index in [2.05, 4.69) is 15.7 Å². The van der Waals surface area contributed by atoms with Gasteiger partial charge in [-0.05, 0) is 25.8 Å². The van der Waals surface area contributed by atoms with Gasteiger partial charge in [-0.3, -0.25) is 15.6 Å². The number of nitrogens with two attached hydrogens (primary N) is 1. The van der Waals surface area contributed by atoms with Gasteiger partial charge in [0.2, 0.25) is 0 Å². The number of rotatable bonds is 7. The second-order valence-electron chi connectivity index (χ2n) is 5.00. The lowest BCUT2D eigenvalue weighted by Crippen LogP contribution is -2.42. The Balaban J connectivity index is 2.83. The topological polar surface area (TPSA) is 89.3 Å². The molecule has 1 aromatic rings. The molecule has 4 N–H and O–H groups in total. The van der Waals surface area contributed by atoms with Gasteiger partial charge >= 0.3 is 0 Å². The molecule has 1 atom stereocenters. The molecule has 0 spiro atoms. The Bertz CT molecular complexity index is 449. The Morgan fingerprint density at radius 2 is 2.20 bits per heavy atom. The van der Waals surface area contributed by atoms with Gasteiger partial charge in [-0.1, -0.05) is 13.8 Å². The van der Waals surface area contributed by atoms with Gasteiger partial charge in [0.25, 0.3) is 5.91 Å². The van der Waals surface area contributed by atoms with Crippen LogP contribution in [0.1, 0.15) is 36.8 Å². The lowest BCUT2D eigenvalue weighted by molar-refractivity contribution is 0.0806. The largest absolute Gasteiger partial charge is 0.380 e. The van der Waals surface area contributed by atoms with Crippen molar-refractivity contribution >= 4 is 11.6 Å². The van der Waals surface area contributed by atoms with Crippen molar-refractivity contribution in [3.05, 3.63) is 23.5 Å². The first-order chi connectivity index (χ1) is 9.49. The molecule has 6 nitrogen and oxygen atoms in total. The van der Waals surface area contributed by atoms with Crippen LogP contribution >= 0.6 is 0 Å². The van der Waals surface area contributed by atoms with E-state index in [9.17, 15) is 4.79 Å². The van der Waals surface area contributed by atoms with E-state index in [1.54, 1.807) is 6.07 Å². The van der Waals surface area contributed by atoms with Gasteiger partial charge in [0.1, 0.15) is 0 Å². The second-order valence-corrected chi connectivity index (χ2v) is 5.00. The normalized spacial score (nSPS) is 12.3. The molecule has 0 aliphatic heterocycles. The highest BCUT2D eigenvalue weighted by Crippen LogP contribution is 2.15. The number of hydrazine groups is 1. The van der Waals surface area contributed by atoms with E-state index >= 15 is 0 Å². The van der Waals surface area contributed by atoms with Crippen LogP contribution in [0, 0.1) is 12.8 Å². The minimum atomic E-state index is -0.205. The van der Waals surface area contributed by atoms with Crippen LogP contribution in [0.15, 0.2) is 12.3 Å². The summed E-state index contributed by atoms with van der Waals surface area (Å²) >= 11 is 0. The summed E-state index contributed by atoms with van der Waals surface area (Å²) in [6, 6.07) is 1.69. The van der Waals surface area contributed by atoms with E-state index in [4.69, 9.17) is 10.6 Å². The maximum atomic E-state index is 12.3. The molecule has 0 aliphatic carbocycles. The molecular formula is C14H24N4O2. The summed E-state index contributed by atoms with van der Waals surface area (Å²) in [5.74, 6) is 5.52. The molecule has 20 heavy (non-hydrogen) atoms. The highest BCUT2D eigenvalue weighted by Gasteiger charge is 2.19. The molecule has 0 saturated carbocycles. The summed E-state index contributed by atoms with van der Waals surface area (Å²) in [6.45, 7) is 8.97. The summed E-state index contributed by atoms with van der Waals surface area (Å²) in [7, 11) is 0. The number of hydrogen-bond acceptors (Lipinski definition) is 5. The molecule has 0 fully saturated rings. The number of anilines is 1. The third-order valence-electron chi connectivity index (χ3n) is 3.06. The number of nitrogen functional groups attached to an aromatic ring is 1. The van der Waals surface area contributed by atoms with E-state index in [0.717, 1.165) is 5.69 Å². The molecule has 1 heterocycles. The summed E-state index contributed by atoms with van der Waals surface area (Å²) in [5, 5.41) is 2.96. The number of hydrogen-bond donors (Lipinski definition) is 3. The number of nitrogens with zero attached hydrogens (tertiary/aromatic N) is 1. The maximum absolute atomic E-state index is 12.3. The first-order valence-electron chi connectivity index (χ1n) is 6.81. The summed E-state index contributed by atoms with van der Waals surface area (Å²) in [6.07, 6.45) is 1.53. The van der Waals surface area contributed by atoms with Crippen molar-refractivity contribution in [3.8, 4) is 0 Å². The van der Waals surface area contributed by atoms with Gasteiger partial charge in [0, 0.05) is 18.5 Å². The van der Waals surface area contributed by atoms with Crippen LogP contribution in [0.2, 0.25) is 0 Å². The van der Waals surface area contributed by atoms with Crippen LogP contribution < -0.4 is 16.6 Å². The van der Waals surface area contributed by atoms with E-state index in [-0.39, 0.29) is 17.9 Å². The fourth-order valence-electron chi connectivity index (χ4n) is 1.75. The number of carbonyl (C=O) groups is 1. The second kappa shape index (κ2) is 7.81. The number of pyridine rings is 1. The van der Waals surface area contributed by atoms with Gasteiger partial charge in [-0.15, -0.1) is 0 Å². The van der Waals surface area contributed by atoms with Crippen LogP contribution in [0.3, 0.4) is 0 Å². The van der Waals surface area contributed by atoms with Gasteiger partial charge in [-0.25, -0.2) is 0 Å². The van der Waals surface area contributed by atoms with Gasteiger partial charge in [-0.2, -0.15) is 0 Å². The first kappa shape index (κ1) is 16.4. The van der Waals surface area contributed by atoms with E-state index in [0.29, 0.717) is 24.5 Å². The maximum Gasteiger partial charge on any atom is 0.255 e. The number of carbonyl (C=O) groups excluding carboxylic acids is 1. The molecule has 0 saturated heterocycles. The van der Waals surface area contributed by atoms with E-state index in [1.165, 1.54) is 6.20 Å². The standard InChI is InChI=1S/C14H24N4O2/c1-5-20-8-13(9(2)3)17-14(19)11-7-16-10(4)6-12(11)18-15/h6-7,9,13H,5,8,15H2,1-4H3,(H,16,18)(H,17,19). The zero-order chi connectivity index (χ0) is 15.1. The van der Waals surface area contributed by atoms with E-state index < -0.39 is 0 Å². The number of aryl methyl sites for hydroxylation is 1. The molecule has 1 rings (SSSR count). The zero-order valence-corrected chi connectivity index (χ0v) is 12.6. The summed E-state index contributed by atoms with van der Waals surface area (Å²) in [5.41, 5.74) is 4.32. The predicted molar refractivity (Wildman–Crippen MR) is 79.4 cm³/mol. The fourth-order valence-corrected chi connectivity index (χ4v) is 1.75. The van der Waals surface area contributed by atoms with Crippen molar-refractivity contribution < 1.29 is 9.53 Å². The molecule has 0 bridgehead atoms. The number of ether oxygens (including phenoxy) is 1. The van der Waals surface area contributed by atoms with Gasteiger partial charge in [0.15, 0.2) is 0 Å². The summed E-state index contributed by atoms with van der Waals surface area (Å²) < 4.78 is 5.40. The Hall–Kier alpha value is -1.66. The molecule has 1 amide bonds. The third-order valence-corrected chi connectivity index (χ3v) is 3.06. The minimum absolute atomic E-state index is 0.0469. The van der Waals surface area contributed by atoms with Crippen molar-refractivity contribution in [1.82, 2.24) is 10.3 Å². The zero-order valence-electron chi connectivity index (χ0n) is 12.6. The van der Waals surface area contributed by atoms with Crippen LogP contribution in [-0.4, -0.2) is 30.1 Å². The minimum Gasteiger partial charge on any atom is -0.380 e. The lowest BCUT2D eigenvalue weighted by Gasteiger charge is -2.22. The van der Waals surface area contributed by atoms with Crippen molar-refractivity contribution in [2.75, 3.05) is 18.6 Å². The van der Waals surface area contributed by atoms with Crippen molar-refractivity contribution in [2.45, 2.75) is 33.7 Å². The average molecular weight is 280 g/mol. The van der Waals surface area contributed by atoms with Crippen LogP contribution in [-0.2, 0) is 4.74 Å². The highest BCUT2D eigenvalue weighted by molar-refractivity contribution is 5.99. The number of aromatic nitrogens is 1. The Morgan fingerprint density at radius 1 is 1.50 bits per heavy atom. The van der Waals surface area contributed by atoms with Crippen molar-refractivity contribution in [1.29, 1.82) is 0 Å². The Morgan fingerprint density at radius 3 is 2.75 bits per heavy atom. The molecule has 6 heteroatoms. The molecule has 0 aliphatic rings. The van der Waals surface area contributed by atoms with Gasteiger partial charge < -0.3 is 15.5 Å². The molecule has 0 radical (unpaired) electrons.